The van der Waals surface area contributed by atoms with Crippen LogP contribution >= 0.6 is 22.6 Å². The second-order valence-electron chi connectivity index (χ2n) is 2.81. The van der Waals surface area contributed by atoms with Crippen LogP contribution in [0.25, 0.3) is 0 Å². The Kier molecular flexibility index (Phi) is 4.35. The zero-order valence-electron chi connectivity index (χ0n) is 7.67. The van der Waals surface area contributed by atoms with Crippen molar-refractivity contribution in [2.45, 2.75) is 19.4 Å². The molecule has 1 aromatic rings. The van der Waals surface area contributed by atoms with Crippen LogP contribution in [-0.2, 0) is 13.0 Å². The molecule has 0 aliphatic carbocycles. The highest BCUT2D eigenvalue weighted by molar-refractivity contribution is 14.1. The van der Waals surface area contributed by atoms with Crippen LogP contribution < -0.4 is 5.73 Å². The molecule has 0 atom stereocenters. The van der Waals surface area contributed by atoms with E-state index < -0.39 is 6.43 Å². The first-order valence-electron chi connectivity index (χ1n) is 4.13. The van der Waals surface area contributed by atoms with Gasteiger partial charge in [0, 0.05) is 17.7 Å². The van der Waals surface area contributed by atoms with E-state index in [0.29, 0.717) is 15.0 Å². The van der Waals surface area contributed by atoms with Gasteiger partial charge in [-0.25, -0.2) is 13.8 Å². The number of aromatic nitrogens is 1. The lowest BCUT2D eigenvalue weighted by atomic mass is 10.1. The fraction of sp³-hybridized carbons (Fsp3) is 0.333. The van der Waals surface area contributed by atoms with Crippen LogP contribution in [0.15, 0.2) is 6.07 Å². The molecule has 1 rings (SSSR count). The standard InChI is InChI=1S/C9H8F2IN3/c10-8(11)7-3-5(4-14)15-9(12)6(7)1-2-13/h3,8H,1,4,14H2. The Balaban J connectivity index is 3.30. The quantitative estimate of drug-likeness (QED) is 0.685. The zero-order valence-corrected chi connectivity index (χ0v) is 9.83. The van der Waals surface area contributed by atoms with Gasteiger partial charge in [0.05, 0.1) is 18.2 Å². The lowest BCUT2D eigenvalue weighted by Gasteiger charge is -2.09. The molecule has 3 nitrogen and oxygen atoms in total. The fourth-order valence-corrected chi connectivity index (χ4v) is 1.98. The molecule has 0 radical (unpaired) electrons. The smallest absolute Gasteiger partial charge is 0.264 e. The van der Waals surface area contributed by atoms with Gasteiger partial charge < -0.3 is 5.73 Å². The van der Waals surface area contributed by atoms with Gasteiger partial charge in [0.25, 0.3) is 6.43 Å². The minimum Gasteiger partial charge on any atom is -0.325 e. The van der Waals surface area contributed by atoms with Crippen LogP contribution in [0.4, 0.5) is 8.78 Å². The molecule has 1 aromatic heterocycles. The van der Waals surface area contributed by atoms with E-state index in [1.165, 1.54) is 6.07 Å². The molecule has 0 bridgehead atoms. The number of hydrogen-bond donors (Lipinski definition) is 1. The van der Waals surface area contributed by atoms with E-state index in [-0.39, 0.29) is 18.5 Å². The van der Waals surface area contributed by atoms with Crippen molar-refractivity contribution in [3.05, 3.63) is 26.6 Å². The highest BCUT2D eigenvalue weighted by Crippen LogP contribution is 2.26. The van der Waals surface area contributed by atoms with Crippen LogP contribution in [0.1, 0.15) is 23.2 Å². The largest absolute Gasteiger partial charge is 0.325 e. The third-order valence-corrected chi connectivity index (χ3v) is 2.75. The first-order chi connectivity index (χ1) is 7.10. The highest BCUT2D eigenvalue weighted by Gasteiger charge is 2.17. The lowest BCUT2D eigenvalue weighted by Crippen LogP contribution is -2.07. The van der Waals surface area contributed by atoms with Crippen molar-refractivity contribution in [3.8, 4) is 6.07 Å². The van der Waals surface area contributed by atoms with Gasteiger partial charge in [-0.2, -0.15) is 5.26 Å². The van der Waals surface area contributed by atoms with Crippen LogP contribution in [0.2, 0.25) is 0 Å². The van der Waals surface area contributed by atoms with Crippen molar-refractivity contribution in [1.82, 2.24) is 4.98 Å². The average Bonchev–Trinajstić information content (AvgIpc) is 2.20. The van der Waals surface area contributed by atoms with Gasteiger partial charge in [-0.15, -0.1) is 0 Å². The van der Waals surface area contributed by atoms with Crippen LogP contribution in [0.5, 0.6) is 0 Å². The lowest BCUT2D eigenvalue weighted by molar-refractivity contribution is 0.150. The Labute approximate surface area is 99.4 Å². The Morgan fingerprint density at radius 3 is 2.73 bits per heavy atom. The van der Waals surface area contributed by atoms with Gasteiger partial charge in [-0.1, -0.05) is 0 Å². The van der Waals surface area contributed by atoms with Crippen molar-refractivity contribution in [2.75, 3.05) is 0 Å². The molecule has 2 N–H and O–H groups in total. The van der Waals surface area contributed by atoms with Gasteiger partial charge in [-0.05, 0) is 28.7 Å². The predicted molar refractivity (Wildman–Crippen MR) is 59.1 cm³/mol. The topological polar surface area (TPSA) is 62.7 Å². The Morgan fingerprint density at radius 2 is 2.27 bits per heavy atom. The molecule has 80 valence electrons. The summed E-state index contributed by atoms with van der Waals surface area (Å²) in [4.78, 5) is 4.03. The number of nitriles is 1. The van der Waals surface area contributed by atoms with Gasteiger partial charge >= 0.3 is 0 Å². The molecule has 0 spiro atoms. The Morgan fingerprint density at radius 1 is 1.60 bits per heavy atom. The number of nitrogens with two attached hydrogens (primary N) is 1. The van der Waals surface area contributed by atoms with Crippen molar-refractivity contribution in [3.63, 3.8) is 0 Å². The third-order valence-electron chi connectivity index (χ3n) is 1.86. The van der Waals surface area contributed by atoms with E-state index in [4.69, 9.17) is 11.0 Å². The molecule has 0 aliphatic heterocycles. The monoisotopic (exact) mass is 323 g/mol. The van der Waals surface area contributed by atoms with Gasteiger partial charge in [0.1, 0.15) is 3.70 Å². The predicted octanol–water partition coefficient (Wildman–Crippen LogP) is 2.15. The molecule has 0 amide bonds. The summed E-state index contributed by atoms with van der Waals surface area (Å²) in [5.74, 6) is 0. The molecule has 1 heterocycles. The van der Waals surface area contributed by atoms with Gasteiger partial charge in [-0.3, -0.25) is 0 Å². The third kappa shape index (κ3) is 2.82. The molecule has 15 heavy (non-hydrogen) atoms. The Bertz CT molecular complexity index is 401. The van der Waals surface area contributed by atoms with E-state index in [0.717, 1.165) is 0 Å². The van der Waals surface area contributed by atoms with Crippen LogP contribution in [0, 0.1) is 15.0 Å². The first-order valence-corrected chi connectivity index (χ1v) is 5.21. The summed E-state index contributed by atoms with van der Waals surface area (Å²) in [7, 11) is 0. The molecule has 0 unspecified atom stereocenters. The normalized spacial score (nSPS) is 10.4. The van der Waals surface area contributed by atoms with E-state index in [1.807, 2.05) is 28.7 Å². The first kappa shape index (κ1) is 12.3. The summed E-state index contributed by atoms with van der Waals surface area (Å²) < 4.78 is 25.8. The number of pyridine rings is 1. The molecule has 6 heteroatoms. The SMILES string of the molecule is N#CCc1c(C(F)F)cc(CN)nc1I. The van der Waals surface area contributed by atoms with Crippen molar-refractivity contribution >= 4 is 22.6 Å². The molecule has 0 aliphatic rings. The number of halogens is 3. The van der Waals surface area contributed by atoms with E-state index in [1.54, 1.807) is 0 Å². The minimum atomic E-state index is -2.60. The summed E-state index contributed by atoms with van der Waals surface area (Å²) in [5.41, 5.74) is 5.90. The van der Waals surface area contributed by atoms with E-state index in [9.17, 15) is 8.78 Å². The molecular weight excluding hydrogens is 315 g/mol. The molecule has 0 saturated heterocycles. The number of nitrogens with zero attached hydrogens (tertiary/aromatic N) is 2. The summed E-state index contributed by atoms with van der Waals surface area (Å²) in [5, 5.41) is 8.53. The van der Waals surface area contributed by atoms with Crippen LogP contribution in [0.3, 0.4) is 0 Å². The fourth-order valence-electron chi connectivity index (χ4n) is 1.16. The summed E-state index contributed by atoms with van der Waals surface area (Å²) in [6, 6.07) is 3.11. The summed E-state index contributed by atoms with van der Waals surface area (Å²) in [6.07, 6.45) is -2.66. The van der Waals surface area contributed by atoms with E-state index in [2.05, 4.69) is 4.98 Å². The molecule has 0 fully saturated rings. The van der Waals surface area contributed by atoms with E-state index >= 15 is 0 Å². The molecular formula is C9H8F2IN3. The zero-order chi connectivity index (χ0) is 11.4. The van der Waals surface area contributed by atoms with Crippen molar-refractivity contribution < 1.29 is 8.78 Å². The second kappa shape index (κ2) is 5.32. The maximum Gasteiger partial charge on any atom is 0.264 e. The second-order valence-corrected chi connectivity index (χ2v) is 3.83. The Hall–Kier alpha value is -0.810. The summed E-state index contributed by atoms with van der Waals surface area (Å²) >= 11 is 1.84. The highest BCUT2D eigenvalue weighted by atomic mass is 127. The summed E-state index contributed by atoms with van der Waals surface area (Å²) in [6.45, 7) is 0.114. The van der Waals surface area contributed by atoms with Crippen molar-refractivity contribution in [2.24, 2.45) is 5.73 Å². The van der Waals surface area contributed by atoms with Gasteiger partial charge in [0.15, 0.2) is 0 Å². The number of alkyl halides is 2. The van der Waals surface area contributed by atoms with Gasteiger partial charge in [0.2, 0.25) is 0 Å². The maximum atomic E-state index is 12.7. The minimum absolute atomic E-state index is 0.0597. The molecule has 0 saturated carbocycles. The maximum absolute atomic E-state index is 12.7. The van der Waals surface area contributed by atoms with Crippen LogP contribution in [-0.4, -0.2) is 4.98 Å². The number of hydrogen-bond acceptors (Lipinski definition) is 3. The van der Waals surface area contributed by atoms with Crippen molar-refractivity contribution in [1.29, 1.82) is 5.26 Å². The number of rotatable bonds is 3. The average molecular weight is 323 g/mol. The molecule has 0 aromatic carbocycles.